The number of H-pyrrole nitrogens is 1. The first kappa shape index (κ1) is 10.9. The number of aromatic nitrogens is 1. The lowest BCUT2D eigenvalue weighted by atomic mass is 10.1. The van der Waals surface area contributed by atoms with E-state index in [1.54, 1.807) is 0 Å². The van der Waals surface area contributed by atoms with Gasteiger partial charge in [-0.15, -0.1) is 0 Å². The number of aliphatic hydroxyl groups is 1. The molecule has 0 unspecified atom stereocenters. The summed E-state index contributed by atoms with van der Waals surface area (Å²) >= 11 is 0. The number of nitrogens with two attached hydrogens (primary N) is 1. The van der Waals surface area contributed by atoms with Gasteiger partial charge in [-0.25, -0.2) is 0 Å². The first-order chi connectivity index (χ1) is 8.81. The molecule has 0 bridgehead atoms. The van der Waals surface area contributed by atoms with Crippen molar-refractivity contribution in [3.8, 4) is 0 Å². The number of aromatic amines is 1. The van der Waals surface area contributed by atoms with Crippen molar-refractivity contribution in [2.24, 2.45) is 0 Å². The monoisotopic (exact) mass is 241 g/mol. The summed E-state index contributed by atoms with van der Waals surface area (Å²) in [4.78, 5) is 3.34. The van der Waals surface area contributed by atoms with Crippen LogP contribution in [0.1, 0.15) is 0 Å². The van der Waals surface area contributed by atoms with Crippen LogP contribution in [0.3, 0.4) is 0 Å². The van der Waals surface area contributed by atoms with Crippen molar-refractivity contribution in [2.75, 3.05) is 24.2 Å². The Hall–Kier alpha value is -2.20. The molecule has 3 rings (SSSR count). The maximum atomic E-state index is 8.92. The average molecular weight is 241 g/mol. The van der Waals surface area contributed by atoms with E-state index in [4.69, 9.17) is 10.8 Å². The van der Waals surface area contributed by atoms with Crippen LogP contribution < -0.4 is 11.1 Å². The largest absolute Gasteiger partial charge is 0.397 e. The molecule has 0 fully saturated rings. The van der Waals surface area contributed by atoms with Crippen molar-refractivity contribution in [2.45, 2.75) is 0 Å². The van der Waals surface area contributed by atoms with E-state index in [9.17, 15) is 0 Å². The third-order valence-electron chi connectivity index (χ3n) is 3.12. The Morgan fingerprint density at radius 1 is 1.17 bits per heavy atom. The van der Waals surface area contributed by atoms with Crippen molar-refractivity contribution < 1.29 is 5.11 Å². The first-order valence-electron chi connectivity index (χ1n) is 5.95. The molecule has 0 aliphatic carbocycles. The summed E-state index contributed by atoms with van der Waals surface area (Å²) in [5.41, 5.74) is 9.74. The summed E-state index contributed by atoms with van der Waals surface area (Å²) in [6, 6.07) is 11.9. The highest BCUT2D eigenvalue weighted by molar-refractivity contribution is 6.16. The summed E-state index contributed by atoms with van der Waals surface area (Å²) < 4.78 is 0. The van der Waals surface area contributed by atoms with Crippen LogP contribution in [-0.4, -0.2) is 23.2 Å². The molecule has 4 heteroatoms. The molecule has 1 heterocycles. The Balaban J connectivity index is 2.33. The number of rotatable bonds is 3. The second-order valence-electron chi connectivity index (χ2n) is 4.27. The molecule has 5 N–H and O–H groups in total. The van der Waals surface area contributed by atoms with Crippen molar-refractivity contribution in [1.82, 2.24) is 4.98 Å². The molecule has 0 radical (unpaired) electrons. The van der Waals surface area contributed by atoms with Crippen LogP contribution in [-0.2, 0) is 0 Å². The van der Waals surface area contributed by atoms with Gasteiger partial charge < -0.3 is 21.1 Å². The molecule has 1 aromatic heterocycles. The number of fused-ring (bicyclic) bond motifs is 3. The molecule has 0 atom stereocenters. The zero-order valence-corrected chi connectivity index (χ0v) is 9.90. The molecule has 4 nitrogen and oxygen atoms in total. The number of nitrogen functional groups attached to an aromatic ring is 1. The summed E-state index contributed by atoms with van der Waals surface area (Å²) in [5.74, 6) is 0. The van der Waals surface area contributed by atoms with Gasteiger partial charge in [0.2, 0.25) is 0 Å². The minimum atomic E-state index is 0.105. The van der Waals surface area contributed by atoms with E-state index in [0.29, 0.717) is 6.54 Å². The van der Waals surface area contributed by atoms with Gasteiger partial charge in [-0.3, -0.25) is 0 Å². The highest BCUT2D eigenvalue weighted by Gasteiger charge is 2.10. The predicted octanol–water partition coefficient (Wildman–Crippen LogP) is 2.31. The zero-order chi connectivity index (χ0) is 12.5. The number of para-hydroxylation sites is 1. The van der Waals surface area contributed by atoms with Gasteiger partial charge in [0, 0.05) is 28.5 Å². The van der Waals surface area contributed by atoms with Crippen molar-refractivity contribution >= 4 is 33.2 Å². The van der Waals surface area contributed by atoms with Crippen LogP contribution >= 0.6 is 0 Å². The number of hydrogen-bond donors (Lipinski definition) is 4. The van der Waals surface area contributed by atoms with Crippen molar-refractivity contribution in [1.29, 1.82) is 0 Å². The number of benzene rings is 2. The van der Waals surface area contributed by atoms with Gasteiger partial charge in [-0.1, -0.05) is 18.2 Å². The number of anilines is 2. The highest BCUT2D eigenvalue weighted by atomic mass is 16.3. The van der Waals surface area contributed by atoms with E-state index in [0.717, 1.165) is 33.2 Å². The summed E-state index contributed by atoms with van der Waals surface area (Å²) in [7, 11) is 0. The molecule has 0 saturated carbocycles. The maximum Gasteiger partial charge on any atom is 0.0719 e. The number of aliphatic hydroxyl groups excluding tert-OH is 1. The molecule has 0 amide bonds. The normalized spacial score (nSPS) is 11.2. The SMILES string of the molecule is Nc1ccc(NCCO)c2c1[nH]c1ccccc12. The molecule has 0 aliphatic heterocycles. The van der Waals surface area contributed by atoms with Gasteiger partial charge in [-0.2, -0.15) is 0 Å². The smallest absolute Gasteiger partial charge is 0.0719 e. The van der Waals surface area contributed by atoms with Crippen molar-refractivity contribution in [3.05, 3.63) is 36.4 Å². The fraction of sp³-hybridized carbons (Fsp3) is 0.143. The molecule has 18 heavy (non-hydrogen) atoms. The van der Waals surface area contributed by atoms with Gasteiger partial charge in [0.25, 0.3) is 0 Å². The number of hydrogen-bond acceptors (Lipinski definition) is 3. The molecule has 3 aromatic rings. The zero-order valence-electron chi connectivity index (χ0n) is 9.90. The van der Waals surface area contributed by atoms with Crippen LogP contribution in [0.5, 0.6) is 0 Å². The van der Waals surface area contributed by atoms with E-state index in [2.05, 4.69) is 16.4 Å². The first-order valence-corrected chi connectivity index (χ1v) is 5.95. The second-order valence-corrected chi connectivity index (χ2v) is 4.27. The molecular formula is C14H15N3O. The summed E-state index contributed by atoms with van der Waals surface area (Å²) in [5, 5.41) is 14.4. The van der Waals surface area contributed by atoms with Crippen LogP contribution in [0.25, 0.3) is 21.8 Å². The average Bonchev–Trinajstić information content (AvgIpc) is 2.79. The van der Waals surface area contributed by atoms with Crippen LogP contribution in [0.15, 0.2) is 36.4 Å². The van der Waals surface area contributed by atoms with E-state index in [-0.39, 0.29) is 6.61 Å². The number of nitrogens with one attached hydrogen (secondary N) is 2. The molecule has 0 spiro atoms. The topological polar surface area (TPSA) is 74.1 Å². The Kier molecular flexibility index (Phi) is 2.57. The quantitative estimate of drug-likeness (QED) is 0.532. The lowest BCUT2D eigenvalue weighted by Crippen LogP contribution is -2.05. The van der Waals surface area contributed by atoms with E-state index in [1.807, 2.05) is 30.3 Å². The Morgan fingerprint density at radius 3 is 2.83 bits per heavy atom. The van der Waals surface area contributed by atoms with Crippen LogP contribution in [0.2, 0.25) is 0 Å². The highest BCUT2D eigenvalue weighted by Crippen LogP contribution is 2.34. The van der Waals surface area contributed by atoms with Gasteiger partial charge in [0.1, 0.15) is 0 Å². The third kappa shape index (κ3) is 1.58. The molecule has 2 aromatic carbocycles. The second kappa shape index (κ2) is 4.23. The van der Waals surface area contributed by atoms with Crippen LogP contribution in [0.4, 0.5) is 11.4 Å². The summed E-state index contributed by atoms with van der Waals surface area (Å²) in [6.07, 6.45) is 0. The van der Waals surface area contributed by atoms with Crippen molar-refractivity contribution in [3.63, 3.8) is 0 Å². The Labute approximate surface area is 104 Å². The minimum absolute atomic E-state index is 0.105. The predicted molar refractivity (Wildman–Crippen MR) is 75.8 cm³/mol. The van der Waals surface area contributed by atoms with Gasteiger partial charge >= 0.3 is 0 Å². The molecule has 0 saturated heterocycles. The van der Waals surface area contributed by atoms with Gasteiger partial charge in [0.05, 0.1) is 17.8 Å². The van der Waals surface area contributed by atoms with E-state index in [1.165, 1.54) is 0 Å². The van der Waals surface area contributed by atoms with E-state index < -0.39 is 0 Å². The lowest BCUT2D eigenvalue weighted by molar-refractivity contribution is 0.311. The Bertz CT molecular complexity index is 703. The third-order valence-corrected chi connectivity index (χ3v) is 3.12. The van der Waals surface area contributed by atoms with E-state index >= 15 is 0 Å². The Morgan fingerprint density at radius 2 is 2.00 bits per heavy atom. The van der Waals surface area contributed by atoms with Gasteiger partial charge in [-0.05, 0) is 18.2 Å². The fourth-order valence-electron chi connectivity index (χ4n) is 2.32. The fourth-order valence-corrected chi connectivity index (χ4v) is 2.32. The van der Waals surface area contributed by atoms with Crippen LogP contribution in [0, 0.1) is 0 Å². The lowest BCUT2D eigenvalue weighted by Gasteiger charge is -2.07. The standard InChI is InChI=1S/C14H15N3O/c15-10-5-6-12(16-7-8-18)13-9-3-1-2-4-11(9)17-14(10)13/h1-6,16-18H,7-8,15H2. The van der Waals surface area contributed by atoms with Gasteiger partial charge in [0.15, 0.2) is 0 Å². The summed E-state index contributed by atoms with van der Waals surface area (Å²) in [6.45, 7) is 0.632. The molecule has 0 aliphatic rings. The minimum Gasteiger partial charge on any atom is -0.397 e. The molecule has 92 valence electrons. The molecular weight excluding hydrogens is 226 g/mol. The maximum absolute atomic E-state index is 8.92.